The van der Waals surface area contributed by atoms with Crippen molar-refractivity contribution in [2.24, 2.45) is 11.0 Å². The first-order valence-corrected chi connectivity index (χ1v) is 15.6. The van der Waals surface area contributed by atoms with Gasteiger partial charge in [-0.2, -0.15) is 10.4 Å². The van der Waals surface area contributed by atoms with Crippen LogP contribution in [0, 0.1) is 17.2 Å². The summed E-state index contributed by atoms with van der Waals surface area (Å²) in [6.07, 6.45) is 1.81. The molecule has 14 nitrogen and oxygen atoms in total. The molecule has 240 valence electrons. The van der Waals surface area contributed by atoms with Crippen molar-refractivity contribution < 1.29 is 37.4 Å². The molecule has 2 aromatic carbocycles. The number of hydrazone groups is 1. The lowest BCUT2D eigenvalue weighted by Gasteiger charge is -2.23. The number of nitriles is 1. The van der Waals surface area contributed by atoms with Gasteiger partial charge in [-0.3, -0.25) is 19.7 Å². The fourth-order valence-electron chi connectivity index (χ4n) is 4.25. The maximum absolute atomic E-state index is 13.2. The summed E-state index contributed by atoms with van der Waals surface area (Å²) in [5.41, 5.74) is 3.45. The Morgan fingerprint density at radius 3 is 2.31 bits per heavy atom. The van der Waals surface area contributed by atoms with Crippen LogP contribution in [-0.4, -0.2) is 76.9 Å². The number of nitrogens with one attached hydrogen (secondary N) is 4. The van der Waals surface area contributed by atoms with Crippen LogP contribution in [-0.2, 0) is 29.1 Å². The number of urea groups is 1. The lowest BCUT2D eigenvalue weighted by Crippen LogP contribution is -2.40. The van der Waals surface area contributed by atoms with Gasteiger partial charge in [-0.15, -0.1) is 0 Å². The van der Waals surface area contributed by atoms with Crippen molar-refractivity contribution in [1.29, 1.82) is 5.26 Å². The van der Waals surface area contributed by atoms with Gasteiger partial charge in [0.05, 0.1) is 36.3 Å². The molecule has 1 aliphatic rings. The Morgan fingerprint density at radius 2 is 1.69 bits per heavy atom. The first-order chi connectivity index (χ1) is 21.6. The maximum Gasteiger partial charge on any atom is 0.319 e. The molecule has 0 bridgehead atoms. The quantitative estimate of drug-likeness (QED) is 0.103. The van der Waals surface area contributed by atoms with E-state index in [1.165, 1.54) is 43.5 Å². The molecular formula is C30H36N6O8S. The largest absolute Gasteiger partial charge is 0.394 e. The van der Waals surface area contributed by atoms with Crippen LogP contribution in [0.2, 0.25) is 0 Å². The van der Waals surface area contributed by atoms with Crippen molar-refractivity contribution in [2.75, 3.05) is 55.5 Å². The Balaban J connectivity index is 1.71. The zero-order valence-corrected chi connectivity index (χ0v) is 25.8. The summed E-state index contributed by atoms with van der Waals surface area (Å²) in [4.78, 5) is 38.0. The third-order valence-corrected chi connectivity index (χ3v) is 7.96. The van der Waals surface area contributed by atoms with Crippen LogP contribution >= 0.6 is 0 Å². The normalized spacial score (nSPS) is 16.0. The van der Waals surface area contributed by atoms with Crippen LogP contribution in [0.5, 0.6) is 0 Å². The van der Waals surface area contributed by atoms with Crippen LogP contribution in [0.25, 0.3) is 0 Å². The number of aliphatic hydroxyl groups excluding tert-OH is 1. The topological polar surface area (TPSA) is 208 Å². The number of amides is 2. The van der Waals surface area contributed by atoms with E-state index in [9.17, 15) is 28.1 Å². The van der Waals surface area contributed by atoms with Gasteiger partial charge in [-0.1, -0.05) is 13.3 Å². The highest BCUT2D eigenvalue weighted by Crippen LogP contribution is 2.26. The summed E-state index contributed by atoms with van der Waals surface area (Å²) >= 11 is 0. The fraction of sp³-hybridized carbons (Fsp3) is 0.367. The van der Waals surface area contributed by atoms with E-state index in [2.05, 4.69) is 25.9 Å². The Morgan fingerprint density at radius 1 is 1.02 bits per heavy atom. The number of ketones is 2. The van der Waals surface area contributed by atoms with Crippen molar-refractivity contribution in [3.8, 4) is 6.07 Å². The molecule has 0 aromatic heterocycles. The second-order valence-electron chi connectivity index (χ2n) is 9.82. The molecule has 5 N–H and O–H groups in total. The fourth-order valence-corrected chi connectivity index (χ4v) is 5.31. The number of allylic oxidation sites excluding steroid dienone is 1. The van der Waals surface area contributed by atoms with E-state index >= 15 is 0 Å². The molecular weight excluding hydrogens is 604 g/mol. The molecule has 0 heterocycles. The van der Waals surface area contributed by atoms with Gasteiger partial charge in [0.25, 0.3) is 10.0 Å². The van der Waals surface area contributed by atoms with E-state index in [0.717, 1.165) is 12.8 Å². The van der Waals surface area contributed by atoms with Crippen LogP contribution in [0.1, 0.15) is 26.2 Å². The van der Waals surface area contributed by atoms with Crippen molar-refractivity contribution >= 4 is 50.4 Å². The first-order valence-electron chi connectivity index (χ1n) is 14.2. The summed E-state index contributed by atoms with van der Waals surface area (Å²) in [5, 5.41) is 28.1. The number of sulfonamides is 1. The minimum atomic E-state index is -3.97. The average Bonchev–Trinajstić information content (AvgIpc) is 3.02. The summed E-state index contributed by atoms with van der Waals surface area (Å²) in [5.74, 6) is -2.46. The monoisotopic (exact) mass is 640 g/mol. The van der Waals surface area contributed by atoms with Gasteiger partial charge in [0.1, 0.15) is 17.4 Å². The van der Waals surface area contributed by atoms with Crippen molar-refractivity contribution in [3.05, 3.63) is 59.7 Å². The van der Waals surface area contributed by atoms with E-state index in [1.807, 2.05) is 13.0 Å². The minimum absolute atomic E-state index is 0.00466. The molecule has 1 atom stereocenters. The maximum atomic E-state index is 13.2. The van der Waals surface area contributed by atoms with Crippen LogP contribution in [0.3, 0.4) is 0 Å². The van der Waals surface area contributed by atoms with Gasteiger partial charge in [0.2, 0.25) is 0 Å². The number of ether oxygens (including phenoxy) is 2. The summed E-state index contributed by atoms with van der Waals surface area (Å²) in [7, 11) is -2.62. The Kier molecular flexibility index (Phi) is 13.2. The van der Waals surface area contributed by atoms with Gasteiger partial charge in [-0.25, -0.2) is 13.2 Å². The summed E-state index contributed by atoms with van der Waals surface area (Å²) in [6, 6.07) is 13.2. The molecule has 0 radical (unpaired) electrons. The number of rotatable bonds is 16. The van der Waals surface area contributed by atoms with Gasteiger partial charge < -0.3 is 25.2 Å². The number of methoxy groups -OCH3 is 1. The van der Waals surface area contributed by atoms with Gasteiger partial charge >= 0.3 is 6.03 Å². The highest BCUT2D eigenvalue weighted by Gasteiger charge is 2.40. The number of carbonyl (C=O) groups excluding carboxylic acids is 3. The SMILES string of the molecule is CCCCNC(=O)Nc1ccc(NS(=O)(=O)c2ccc(N/N=C3\C(=O)C(CCOCCO)C(=O)C(C#N)=C3COC)cc2)cc1. The van der Waals surface area contributed by atoms with Gasteiger partial charge in [-0.05, 0) is 61.4 Å². The van der Waals surface area contributed by atoms with Gasteiger partial charge in [0.15, 0.2) is 11.6 Å². The number of hydrogen-bond acceptors (Lipinski definition) is 11. The zero-order chi connectivity index (χ0) is 32.8. The molecule has 0 saturated heterocycles. The summed E-state index contributed by atoms with van der Waals surface area (Å²) < 4.78 is 38.7. The molecule has 0 aliphatic heterocycles. The van der Waals surface area contributed by atoms with E-state index in [1.54, 1.807) is 12.1 Å². The smallest absolute Gasteiger partial charge is 0.319 e. The number of Topliss-reactive ketones (excluding diaryl/α,β-unsaturated/α-hetero) is 2. The van der Waals surface area contributed by atoms with Crippen LogP contribution in [0.4, 0.5) is 21.9 Å². The molecule has 0 saturated carbocycles. The van der Waals surface area contributed by atoms with Crippen molar-refractivity contribution in [1.82, 2.24) is 5.32 Å². The van der Waals surface area contributed by atoms with E-state index < -0.39 is 27.5 Å². The van der Waals surface area contributed by atoms with E-state index in [-0.39, 0.29) is 66.3 Å². The zero-order valence-electron chi connectivity index (χ0n) is 25.0. The Bertz CT molecular complexity index is 1560. The molecule has 15 heteroatoms. The Labute approximate surface area is 261 Å². The third kappa shape index (κ3) is 9.68. The molecule has 3 rings (SSSR count). The number of anilines is 3. The van der Waals surface area contributed by atoms with Gasteiger partial charge in [0, 0.05) is 37.2 Å². The Hall–Kier alpha value is -4.62. The number of hydrogen-bond donors (Lipinski definition) is 5. The number of benzene rings is 2. The van der Waals surface area contributed by atoms with Crippen molar-refractivity contribution in [2.45, 2.75) is 31.1 Å². The standard InChI is InChI=1S/C30H36N6O8S/c1-3-4-14-32-30(40)33-20-5-7-22(8-6-20)36-45(41,42)23-11-9-21(10-12-23)34-35-27-26(19-43-2)25(18-31)28(38)24(29(27)39)13-16-44-17-15-37/h5-12,24,34,36-37H,3-4,13-17,19H2,1-2H3,(H2,32,33,40)/b35-27-. The molecule has 2 amide bonds. The molecule has 0 spiro atoms. The highest BCUT2D eigenvalue weighted by molar-refractivity contribution is 7.92. The molecule has 45 heavy (non-hydrogen) atoms. The van der Waals surface area contributed by atoms with E-state index in [0.29, 0.717) is 17.9 Å². The lowest BCUT2D eigenvalue weighted by molar-refractivity contribution is -0.128. The molecule has 2 aromatic rings. The molecule has 1 aliphatic carbocycles. The number of carbonyl (C=O) groups is 3. The van der Waals surface area contributed by atoms with Crippen LogP contribution in [0.15, 0.2) is 69.7 Å². The predicted molar refractivity (Wildman–Crippen MR) is 167 cm³/mol. The summed E-state index contributed by atoms with van der Waals surface area (Å²) in [6.45, 7) is 2.21. The van der Waals surface area contributed by atoms with Crippen molar-refractivity contribution in [3.63, 3.8) is 0 Å². The average molecular weight is 641 g/mol. The second-order valence-corrected chi connectivity index (χ2v) is 11.5. The predicted octanol–water partition coefficient (Wildman–Crippen LogP) is 2.81. The van der Waals surface area contributed by atoms with E-state index in [4.69, 9.17) is 14.6 Å². The number of unbranched alkanes of at least 4 members (excludes halogenated alkanes) is 1. The minimum Gasteiger partial charge on any atom is -0.394 e. The number of nitrogens with zero attached hydrogens (tertiary/aromatic N) is 2. The first kappa shape index (κ1) is 34.9. The second kappa shape index (κ2) is 17.0. The highest BCUT2D eigenvalue weighted by atomic mass is 32.2. The molecule has 0 fully saturated rings. The molecule has 1 unspecified atom stereocenters. The lowest BCUT2D eigenvalue weighted by atomic mass is 9.79. The third-order valence-electron chi connectivity index (χ3n) is 6.56. The van der Waals surface area contributed by atoms with Crippen LogP contribution < -0.4 is 20.8 Å². The number of aliphatic hydroxyl groups is 1.